The first-order chi connectivity index (χ1) is 6.50. The first-order valence-corrected chi connectivity index (χ1v) is 4.93. The summed E-state index contributed by atoms with van der Waals surface area (Å²) in [4.78, 5) is 10.6. The van der Waals surface area contributed by atoms with Crippen LogP contribution in [0.4, 0.5) is 8.78 Å². The van der Waals surface area contributed by atoms with E-state index in [1.807, 2.05) is 0 Å². The minimum atomic E-state index is -3.67. The quantitative estimate of drug-likeness (QED) is 0.557. The number of piperidine rings is 1. The normalized spacial score (nSPS) is 19.4. The molecule has 1 N–H and O–H groups in total. The highest BCUT2D eigenvalue weighted by molar-refractivity contribution is 7.82. The van der Waals surface area contributed by atoms with Crippen molar-refractivity contribution in [3.63, 3.8) is 0 Å². The second-order valence-electron chi connectivity index (χ2n) is 3.33. The summed E-state index contributed by atoms with van der Waals surface area (Å²) in [7, 11) is 0. The van der Waals surface area contributed by atoms with E-state index in [9.17, 15) is 13.6 Å². The highest BCUT2D eigenvalue weighted by Crippen LogP contribution is 2.21. The first kappa shape index (κ1) is 11.7. The van der Waals surface area contributed by atoms with Crippen LogP contribution in [0, 0.1) is 5.92 Å². The van der Waals surface area contributed by atoms with Gasteiger partial charge in [0.25, 0.3) is 0 Å². The fraction of sp³-hybridized carbons (Fsp3) is 0.875. The Hall–Kier alpha value is -0.360. The van der Waals surface area contributed by atoms with Crippen molar-refractivity contribution in [2.24, 2.45) is 5.92 Å². The topological polar surface area (TPSA) is 38.3 Å². The van der Waals surface area contributed by atoms with E-state index >= 15 is 0 Å². The number of hydrogen-bond acceptors (Lipinski definition) is 4. The number of rotatable bonds is 3. The zero-order valence-corrected chi connectivity index (χ0v) is 8.53. The summed E-state index contributed by atoms with van der Waals surface area (Å²) >= 11 is 2.83. The highest BCUT2D eigenvalue weighted by Gasteiger charge is 2.36. The molecule has 0 bridgehead atoms. The molecule has 1 saturated heterocycles. The number of esters is 1. The maximum absolute atomic E-state index is 12.2. The first-order valence-electron chi connectivity index (χ1n) is 4.48. The SMILES string of the molecule is O=C(OCC1CCNCC1)C(F)(F)S. The standard InChI is InChI=1S/C8H13F2NO2S/c9-8(10,14)7(12)13-5-6-1-3-11-4-2-6/h6,11,14H,1-5H2. The molecule has 3 nitrogen and oxygen atoms in total. The Kier molecular flexibility index (Phi) is 4.12. The van der Waals surface area contributed by atoms with Gasteiger partial charge in [0, 0.05) is 0 Å². The molecule has 14 heavy (non-hydrogen) atoms. The lowest BCUT2D eigenvalue weighted by Crippen LogP contribution is -2.32. The molecule has 82 valence electrons. The average Bonchev–Trinajstić information content (AvgIpc) is 2.14. The maximum Gasteiger partial charge on any atom is 0.388 e. The molecule has 0 radical (unpaired) electrons. The van der Waals surface area contributed by atoms with Crippen molar-refractivity contribution < 1.29 is 18.3 Å². The third-order valence-corrected chi connectivity index (χ3v) is 2.34. The maximum atomic E-state index is 12.2. The van der Waals surface area contributed by atoms with Crippen LogP contribution in [0.5, 0.6) is 0 Å². The van der Waals surface area contributed by atoms with Crippen molar-refractivity contribution in [3.05, 3.63) is 0 Å². The smallest absolute Gasteiger partial charge is 0.388 e. The molecule has 0 spiro atoms. The molecular weight excluding hydrogens is 212 g/mol. The van der Waals surface area contributed by atoms with Crippen LogP contribution in [-0.2, 0) is 9.53 Å². The van der Waals surface area contributed by atoms with E-state index in [1.165, 1.54) is 0 Å². The zero-order chi connectivity index (χ0) is 10.6. The van der Waals surface area contributed by atoms with E-state index in [4.69, 9.17) is 0 Å². The van der Waals surface area contributed by atoms with Crippen LogP contribution in [0.25, 0.3) is 0 Å². The number of halogens is 2. The average molecular weight is 225 g/mol. The fourth-order valence-corrected chi connectivity index (χ4v) is 1.39. The summed E-state index contributed by atoms with van der Waals surface area (Å²) in [5, 5.41) is -0.545. The van der Waals surface area contributed by atoms with Crippen LogP contribution in [0.1, 0.15) is 12.8 Å². The van der Waals surface area contributed by atoms with Gasteiger partial charge in [-0.3, -0.25) is 0 Å². The second kappa shape index (κ2) is 4.93. The van der Waals surface area contributed by atoms with Gasteiger partial charge >= 0.3 is 11.2 Å². The number of hydrogen-bond donors (Lipinski definition) is 2. The van der Waals surface area contributed by atoms with Gasteiger partial charge in [-0.05, 0) is 31.8 Å². The molecule has 1 aliphatic heterocycles. The number of ether oxygens (including phenoxy) is 1. The molecule has 1 aliphatic rings. The summed E-state index contributed by atoms with van der Waals surface area (Å²) in [6.45, 7) is 1.76. The highest BCUT2D eigenvalue weighted by atomic mass is 32.1. The number of alkyl halides is 2. The molecule has 1 fully saturated rings. The van der Waals surface area contributed by atoms with Crippen molar-refractivity contribution in [2.75, 3.05) is 19.7 Å². The van der Waals surface area contributed by atoms with Crippen molar-refractivity contribution in [3.8, 4) is 0 Å². The lowest BCUT2D eigenvalue weighted by Gasteiger charge is -2.22. The van der Waals surface area contributed by atoms with Crippen molar-refractivity contribution in [2.45, 2.75) is 18.1 Å². The van der Waals surface area contributed by atoms with Crippen LogP contribution in [0.15, 0.2) is 0 Å². The number of thiol groups is 1. The molecule has 0 saturated carbocycles. The lowest BCUT2D eigenvalue weighted by molar-refractivity contribution is -0.161. The lowest BCUT2D eigenvalue weighted by atomic mass is 9.99. The van der Waals surface area contributed by atoms with Gasteiger partial charge < -0.3 is 10.1 Å². The summed E-state index contributed by atoms with van der Waals surface area (Å²) in [6, 6.07) is 0. The molecule has 0 aromatic carbocycles. The van der Waals surface area contributed by atoms with Gasteiger partial charge in [0.2, 0.25) is 0 Å². The van der Waals surface area contributed by atoms with E-state index < -0.39 is 11.2 Å². The molecule has 6 heteroatoms. The van der Waals surface area contributed by atoms with Crippen LogP contribution in [0.3, 0.4) is 0 Å². The molecule has 1 heterocycles. The Balaban J connectivity index is 2.22. The Labute approximate surface area is 86.6 Å². The minimum Gasteiger partial charge on any atom is -0.460 e. The molecule has 0 unspecified atom stereocenters. The summed E-state index contributed by atoms with van der Waals surface area (Å²) in [5.74, 6) is -1.37. The van der Waals surface area contributed by atoms with Gasteiger partial charge in [-0.25, -0.2) is 4.79 Å². The predicted molar refractivity (Wildman–Crippen MR) is 50.5 cm³/mol. The molecule has 1 rings (SSSR count). The van der Waals surface area contributed by atoms with Crippen LogP contribution >= 0.6 is 12.6 Å². The van der Waals surface area contributed by atoms with Gasteiger partial charge in [-0.15, -0.1) is 0 Å². The van der Waals surface area contributed by atoms with E-state index in [0.717, 1.165) is 25.9 Å². The Morgan fingerprint density at radius 3 is 2.57 bits per heavy atom. The number of nitrogens with one attached hydrogen (secondary N) is 1. The predicted octanol–water partition coefficient (Wildman–Crippen LogP) is 1.05. The molecule has 0 aliphatic carbocycles. The van der Waals surface area contributed by atoms with E-state index in [-0.39, 0.29) is 12.5 Å². The molecule has 0 amide bonds. The van der Waals surface area contributed by atoms with E-state index in [1.54, 1.807) is 0 Å². The largest absolute Gasteiger partial charge is 0.460 e. The minimum absolute atomic E-state index is 0.0661. The molecular formula is C8H13F2NO2S. The number of carbonyl (C=O) groups is 1. The van der Waals surface area contributed by atoms with Crippen molar-refractivity contribution in [1.29, 1.82) is 0 Å². The van der Waals surface area contributed by atoms with Crippen LogP contribution in [0.2, 0.25) is 0 Å². The molecule has 0 atom stereocenters. The molecule has 0 aromatic rings. The Bertz CT molecular complexity index is 202. The van der Waals surface area contributed by atoms with Crippen molar-refractivity contribution >= 4 is 18.6 Å². The Morgan fingerprint density at radius 2 is 2.07 bits per heavy atom. The van der Waals surface area contributed by atoms with E-state index in [2.05, 4.69) is 22.7 Å². The van der Waals surface area contributed by atoms with Crippen molar-refractivity contribution in [1.82, 2.24) is 5.32 Å². The number of carbonyl (C=O) groups excluding carboxylic acids is 1. The Morgan fingerprint density at radius 1 is 1.50 bits per heavy atom. The summed E-state index contributed by atoms with van der Waals surface area (Å²) in [6.07, 6.45) is 1.71. The van der Waals surface area contributed by atoms with Gasteiger partial charge in [-0.1, -0.05) is 12.6 Å². The summed E-state index contributed by atoms with van der Waals surface area (Å²) in [5.41, 5.74) is 0. The van der Waals surface area contributed by atoms with Gasteiger partial charge in [0.15, 0.2) is 0 Å². The zero-order valence-electron chi connectivity index (χ0n) is 7.63. The summed E-state index contributed by atoms with van der Waals surface area (Å²) < 4.78 is 28.9. The van der Waals surface area contributed by atoms with Crippen LogP contribution in [-0.4, -0.2) is 30.9 Å². The fourth-order valence-electron chi connectivity index (χ4n) is 1.33. The monoisotopic (exact) mass is 225 g/mol. The van der Waals surface area contributed by atoms with E-state index in [0.29, 0.717) is 0 Å². The third kappa shape index (κ3) is 3.79. The third-order valence-electron chi connectivity index (χ3n) is 2.15. The van der Waals surface area contributed by atoms with Gasteiger partial charge in [0.1, 0.15) is 0 Å². The van der Waals surface area contributed by atoms with Crippen LogP contribution < -0.4 is 5.32 Å². The molecule has 0 aromatic heterocycles. The second-order valence-corrected chi connectivity index (χ2v) is 3.89. The van der Waals surface area contributed by atoms with Gasteiger partial charge in [0.05, 0.1) is 6.61 Å². The van der Waals surface area contributed by atoms with Gasteiger partial charge in [-0.2, -0.15) is 8.78 Å².